The van der Waals surface area contributed by atoms with Crippen LogP contribution in [0.25, 0.3) is 0 Å². The molecule has 2 rings (SSSR count). The number of likely N-dealkylation sites (tertiary alicyclic amines) is 1. The molecule has 0 bridgehead atoms. The van der Waals surface area contributed by atoms with E-state index in [0.29, 0.717) is 11.8 Å². The Bertz CT molecular complexity index is 360. The minimum Gasteiger partial charge on any atom is -0.279 e. The van der Waals surface area contributed by atoms with Crippen molar-refractivity contribution in [1.82, 2.24) is 4.90 Å². The largest absolute Gasteiger partial charge is 0.279 e. The maximum absolute atomic E-state index is 12.6. The summed E-state index contributed by atoms with van der Waals surface area (Å²) in [6, 6.07) is -0.0174. The van der Waals surface area contributed by atoms with Crippen molar-refractivity contribution in [1.29, 1.82) is 0 Å². The van der Waals surface area contributed by atoms with E-state index in [-0.39, 0.29) is 40.2 Å². The lowest BCUT2D eigenvalue weighted by atomic mass is 9.82. The molecule has 3 nitrogen and oxygen atoms in total. The van der Waals surface area contributed by atoms with Gasteiger partial charge in [-0.25, -0.2) is 0 Å². The normalized spacial score (nSPS) is 35.1. The SMILES string of the molecule is CC(C)C1SC(C(C)C)C2C(=O)N(C(C)C)C(=O)C12. The zero-order valence-electron chi connectivity index (χ0n) is 12.7. The van der Waals surface area contributed by atoms with E-state index in [9.17, 15) is 9.59 Å². The highest BCUT2D eigenvalue weighted by Crippen LogP contribution is 2.53. The fourth-order valence-electron chi connectivity index (χ4n) is 3.43. The first kappa shape index (κ1) is 14.9. The molecule has 108 valence electrons. The smallest absolute Gasteiger partial charge is 0.234 e. The average Bonchev–Trinajstić information content (AvgIpc) is 2.77. The summed E-state index contributed by atoms with van der Waals surface area (Å²) in [5.74, 6) is 0.827. The van der Waals surface area contributed by atoms with Crippen LogP contribution in [0.1, 0.15) is 41.5 Å². The Morgan fingerprint density at radius 2 is 1.21 bits per heavy atom. The van der Waals surface area contributed by atoms with Gasteiger partial charge in [-0.15, -0.1) is 0 Å². The van der Waals surface area contributed by atoms with Gasteiger partial charge in [0, 0.05) is 16.5 Å². The van der Waals surface area contributed by atoms with Gasteiger partial charge in [-0.3, -0.25) is 14.5 Å². The number of carbonyl (C=O) groups is 2. The van der Waals surface area contributed by atoms with Crippen LogP contribution >= 0.6 is 11.8 Å². The van der Waals surface area contributed by atoms with Gasteiger partial charge in [0.25, 0.3) is 0 Å². The maximum Gasteiger partial charge on any atom is 0.234 e. The summed E-state index contributed by atoms with van der Waals surface area (Å²) in [6.07, 6.45) is 0. The standard InChI is InChI=1S/C15H25NO2S/c1-7(2)12-10-11(13(19-12)8(3)4)15(18)16(9(5)6)14(10)17/h7-13H,1-6H3. The van der Waals surface area contributed by atoms with Crippen LogP contribution in [0.3, 0.4) is 0 Å². The molecule has 0 spiro atoms. The Hall–Kier alpha value is -0.510. The van der Waals surface area contributed by atoms with Crippen molar-refractivity contribution in [2.24, 2.45) is 23.7 Å². The molecule has 0 aromatic rings. The van der Waals surface area contributed by atoms with Crippen LogP contribution in [0.15, 0.2) is 0 Å². The highest BCUT2D eigenvalue weighted by atomic mass is 32.2. The van der Waals surface area contributed by atoms with Gasteiger partial charge in [-0.1, -0.05) is 27.7 Å². The number of hydrogen-bond donors (Lipinski definition) is 0. The van der Waals surface area contributed by atoms with Crippen molar-refractivity contribution in [3.8, 4) is 0 Å². The molecule has 4 unspecified atom stereocenters. The Morgan fingerprint density at radius 3 is 1.47 bits per heavy atom. The predicted octanol–water partition coefficient (Wildman–Crippen LogP) is 2.79. The molecule has 0 aromatic heterocycles. The molecule has 2 heterocycles. The Balaban J connectivity index is 2.38. The second kappa shape index (κ2) is 5.12. The molecule has 2 amide bonds. The summed E-state index contributed by atoms with van der Waals surface area (Å²) < 4.78 is 0. The number of fused-ring (bicyclic) bond motifs is 1. The molecule has 0 saturated carbocycles. The number of rotatable bonds is 3. The first-order chi connectivity index (χ1) is 8.77. The molecule has 0 aliphatic carbocycles. The molecule has 4 heteroatoms. The van der Waals surface area contributed by atoms with Gasteiger partial charge in [-0.05, 0) is 25.7 Å². The van der Waals surface area contributed by atoms with Gasteiger partial charge in [0.05, 0.1) is 11.8 Å². The van der Waals surface area contributed by atoms with E-state index in [1.54, 1.807) is 0 Å². The lowest BCUT2D eigenvalue weighted by Crippen LogP contribution is -2.40. The fraction of sp³-hybridized carbons (Fsp3) is 0.867. The molecule has 4 atom stereocenters. The van der Waals surface area contributed by atoms with Gasteiger partial charge in [0.2, 0.25) is 11.8 Å². The van der Waals surface area contributed by atoms with Crippen LogP contribution in [-0.2, 0) is 9.59 Å². The summed E-state index contributed by atoms with van der Waals surface area (Å²) in [6.45, 7) is 12.5. The molecule has 0 radical (unpaired) electrons. The van der Waals surface area contributed by atoms with E-state index in [4.69, 9.17) is 0 Å². The highest BCUT2D eigenvalue weighted by molar-refractivity contribution is 8.00. The minimum atomic E-state index is -0.0905. The van der Waals surface area contributed by atoms with Crippen molar-refractivity contribution < 1.29 is 9.59 Å². The van der Waals surface area contributed by atoms with Gasteiger partial charge in [0.15, 0.2) is 0 Å². The molecule has 0 N–H and O–H groups in total. The molecule has 19 heavy (non-hydrogen) atoms. The number of imide groups is 1. The highest BCUT2D eigenvalue weighted by Gasteiger charge is 2.60. The second-order valence-corrected chi connectivity index (χ2v) is 8.11. The van der Waals surface area contributed by atoms with E-state index < -0.39 is 0 Å². The summed E-state index contributed by atoms with van der Waals surface area (Å²) in [4.78, 5) is 26.7. The summed E-state index contributed by atoms with van der Waals surface area (Å²) in [5.41, 5.74) is 0. The Kier molecular flexibility index (Phi) is 4.01. The molecule has 2 aliphatic heterocycles. The molecular formula is C15H25NO2S. The van der Waals surface area contributed by atoms with E-state index in [1.807, 2.05) is 25.6 Å². The van der Waals surface area contributed by atoms with Gasteiger partial charge in [0.1, 0.15) is 0 Å². The lowest BCUT2D eigenvalue weighted by Gasteiger charge is -2.26. The number of nitrogens with zero attached hydrogens (tertiary/aromatic N) is 1. The van der Waals surface area contributed by atoms with E-state index in [1.165, 1.54) is 4.90 Å². The van der Waals surface area contributed by atoms with Crippen molar-refractivity contribution in [2.45, 2.75) is 58.1 Å². The third-order valence-electron chi connectivity index (χ3n) is 4.28. The molecule has 2 fully saturated rings. The lowest BCUT2D eigenvalue weighted by molar-refractivity contribution is -0.142. The monoisotopic (exact) mass is 283 g/mol. The van der Waals surface area contributed by atoms with Crippen molar-refractivity contribution in [3.63, 3.8) is 0 Å². The van der Waals surface area contributed by atoms with Crippen LogP contribution in [0, 0.1) is 23.7 Å². The van der Waals surface area contributed by atoms with Crippen molar-refractivity contribution >= 4 is 23.6 Å². The zero-order valence-corrected chi connectivity index (χ0v) is 13.5. The molecule has 2 aliphatic rings. The summed E-state index contributed by atoms with van der Waals surface area (Å²) >= 11 is 1.87. The maximum atomic E-state index is 12.6. The second-order valence-electron chi connectivity index (χ2n) is 6.75. The zero-order chi connectivity index (χ0) is 14.5. The summed E-state index contributed by atoms with van der Waals surface area (Å²) in [5, 5.41) is 0.579. The van der Waals surface area contributed by atoms with Crippen molar-refractivity contribution in [2.75, 3.05) is 0 Å². The average molecular weight is 283 g/mol. The third-order valence-corrected chi connectivity index (χ3v) is 6.59. The molecule has 0 aromatic carbocycles. The number of carbonyl (C=O) groups excluding carboxylic acids is 2. The van der Waals surface area contributed by atoms with E-state index in [0.717, 1.165) is 0 Å². The van der Waals surface area contributed by atoms with Crippen molar-refractivity contribution in [3.05, 3.63) is 0 Å². The first-order valence-corrected chi connectivity index (χ1v) is 8.24. The summed E-state index contributed by atoms with van der Waals surface area (Å²) in [7, 11) is 0. The number of hydrogen-bond acceptors (Lipinski definition) is 3. The number of amides is 2. The van der Waals surface area contributed by atoms with Gasteiger partial charge < -0.3 is 0 Å². The van der Waals surface area contributed by atoms with Crippen LogP contribution in [0.4, 0.5) is 0 Å². The third kappa shape index (κ3) is 2.22. The topological polar surface area (TPSA) is 37.4 Å². The van der Waals surface area contributed by atoms with Crippen LogP contribution in [-0.4, -0.2) is 33.3 Å². The minimum absolute atomic E-state index is 0.0174. The van der Waals surface area contributed by atoms with E-state index in [2.05, 4.69) is 27.7 Å². The van der Waals surface area contributed by atoms with Gasteiger partial charge >= 0.3 is 0 Å². The van der Waals surface area contributed by atoms with Crippen LogP contribution in [0.2, 0.25) is 0 Å². The van der Waals surface area contributed by atoms with Gasteiger partial charge in [-0.2, -0.15) is 11.8 Å². The molecular weight excluding hydrogens is 258 g/mol. The predicted molar refractivity (Wildman–Crippen MR) is 78.8 cm³/mol. The fourth-order valence-corrected chi connectivity index (χ4v) is 5.33. The Labute approximate surface area is 120 Å². The van der Waals surface area contributed by atoms with Crippen LogP contribution in [0.5, 0.6) is 0 Å². The van der Waals surface area contributed by atoms with E-state index >= 15 is 0 Å². The Morgan fingerprint density at radius 1 is 0.842 bits per heavy atom. The number of thioether (sulfide) groups is 1. The van der Waals surface area contributed by atoms with Crippen LogP contribution < -0.4 is 0 Å². The quantitative estimate of drug-likeness (QED) is 0.747. The first-order valence-electron chi connectivity index (χ1n) is 7.29. The molecule has 2 saturated heterocycles.